The largest absolute Gasteiger partial charge is 0.348 e. The highest BCUT2D eigenvalue weighted by Gasteiger charge is 2.25. The van der Waals surface area contributed by atoms with E-state index in [1.54, 1.807) is 11.3 Å². The predicted octanol–water partition coefficient (Wildman–Crippen LogP) is 3.51. The van der Waals surface area contributed by atoms with Crippen LogP contribution in [0.3, 0.4) is 0 Å². The van der Waals surface area contributed by atoms with E-state index in [0.29, 0.717) is 6.04 Å². The van der Waals surface area contributed by atoms with E-state index < -0.39 is 0 Å². The molecule has 18 heavy (non-hydrogen) atoms. The number of nitrogens with one attached hydrogen (secondary N) is 1. The van der Waals surface area contributed by atoms with E-state index in [9.17, 15) is 0 Å². The van der Waals surface area contributed by atoms with Gasteiger partial charge in [-0.1, -0.05) is 27.7 Å². The standard InChI is InChI=1S/C14H27N3S/c1-7-8-15-9-12-10-18-13(16-12)17(6)11(2)14(3,4)5/h10-11,15H,7-9H2,1-6H3. The molecule has 0 aromatic carbocycles. The highest BCUT2D eigenvalue weighted by molar-refractivity contribution is 7.13. The molecule has 0 fully saturated rings. The summed E-state index contributed by atoms with van der Waals surface area (Å²) in [5, 5.41) is 6.66. The molecule has 0 aliphatic rings. The van der Waals surface area contributed by atoms with Gasteiger partial charge in [0.2, 0.25) is 0 Å². The fourth-order valence-corrected chi connectivity index (χ4v) is 2.55. The van der Waals surface area contributed by atoms with E-state index in [1.807, 2.05) is 0 Å². The second kappa shape index (κ2) is 6.53. The van der Waals surface area contributed by atoms with Crippen LogP contribution in [0.4, 0.5) is 5.13 Å². The van der Waals surface area contributed by atoms with Crippen LogP contribution in [0, 0.1) is 5.41 Å². The Morgan fingerprint density at radius 3 is 2.67 bits per heavy atom. The molecule has 1 N–H and O–H groups in total. The maximum atomic E-state index is 4.70. The van der Waals surface area contributed by atoms with Crippen molar-refractivity contribution in [2.24, 2.45) is 5.41 Å². The summed E-state index contributed by atoms with van der Waals surface area (Å²) in [6, 6.07) is 0.472. The molecule has 0 aliphatic carbocycles. The molecular weight excluding hydrogens is 242 g/mol. The molecule has 1 aromatic rings. The van der Waals surface area contributed by atoms with Crippen molar-refractivity contribution >= 4 is 16.5 Å². The Labute approximate surface area is 116 Å². The lowest BCUT2D eigenvalue weighted by atomic mass is 9.87. The zero-order valence-electron chi connectivity index (χ0n) is 12.6. The summed E-state index contributed by atoms with van der Waals surface area (Å²) in [6.07, 6.45) is 1.16. The highest BCUT2D eigenvalue weighted by atomic mass is 32.1. The number of hydrogen-bond donors (Lipinski definition) is 1. The molecule has 3 nitrogen and oxygen atoms in total. The number of nitrogens with zero attached hydrogens (tertiary/aromatic N) is 2. The van der Waals surface area contributed by atoms with Crippen molar-refractivity contribution in [2.75, 3.05) is 18.5 Å². The van der Waals surface area contributed by atoms with Gasteiger partial charge < -0.3 is 10.2 Å². The summed E-state index contributed by atoms with van der Waals surface area (Å²) in [7, 11) is 2.14. The fraction of sp³-hybridized carbons (Fsp3) is 0.786. The number of aromatic nitrogens is 1. The first-order valence-electron chi connectivity index (χ1n) is 6.74. The SMILES string of the molecule is CCCNCc1csc(N(C)C(C)C(C)(C)C)n1. The van der Waals surface area contributed by atoms with Gasteiger partial charge in [0.05, 0.1) is 5.69 Å². The van der Waals surface area contributed by atoms with Gasteiger partial charge in [-0.3, -0.25) is 0 Å². The van der Waals surface area contributed by atoms with Crippen LogP contribution >= 0.6 is 11.3 Å². The second-order valence-corrected chi connectivity index (χ2v) is 6.79. The lowest BCUT2D eigenvalue weighted by molar-refractivity contribution is 0.329. The second-order valence-electron chi connectivity index (χ2n) is 5.95. The maximum Gasteiger partial charge on any atom is 0.185 e. The van der Waals surface area contributed by atoms with Gasteiger partial charge in [0.25, 0.3) is 0 Å². The lowest BCUT2D eigenvalue weighted by Gasteiger charge is -2.35. The van der Waals surface area contributed by atoms with Crippen LogP contribution in [0.15, 0.2) is 5.38 Å². The Morgan fingerprint density at radius 1 is 1.44 bits per heavy atom. The molecule has 0 radical (unpaired) electrons. The summed E-state index contributed by atoms with van der Waals surface area (Å²) in [5.74, 6) is 0. The Bertz CT molecular complexity index is 354. The third kappa shape index (κ3) is 4.25. The molecule has 1 aromatic heterocycles. The molecule has 0 saturated carbocycles. The van der Waals surface area contributed by atoms with E-state index in [2.05, 4.69) is 57.3 Å². The zero-order valence-corrected chi connectivity index (χ0v) is 13.4. The zero-order chi connectivity index (χ0) is 13.8. The van der Waals surface area contributed by atoms with E-state index in [1.165, 1.54) is 0 Å². The molecule has 1 rings (SSSR count). The van der Waals surface area contributed by atoms with Crippen molar-refractivity contribution in [3.63, 3.8) is 0 Å². The Morgan fingerprint density at radius 2 is 2.11 bits per heavy atom. The predicted molar refractivity (Wildman–Crippen MR) is 81.4 cm³/mol. The molecular formula is C14H27N3S. The molecule has 1 unspecified atom stereocenters. The van der Waals surface area contributed by atoms with E-state index in [4.69, 9.17) is 4.98 Å². The molecule has 1 atom stereocenters. The van der Waals surface area contributed by atoms with Crippen LogP contribution in [0.25, 0.3) is 0 Å². The van der Waals surface area contributed by atoms with Crippen LogP contribution < -0.4 is 10.2 Å². The van der Waals surface area contributed by atoms with Crippen LogP contribution in [0.1, 0.15) is 46.7 Å². The average molecular weight is 269 g/mol. The van der Waals surface area contributed by atoms with Gasteiger partial charge in [-0.15, -0.1) is 11.3 Å². The topological polar surface area (TPSA) is 28.2 Å². The molecule has 0 amide bonds. The van der Waals surface area contributed by atoms with Crippen LogP contribution in [0.5, 0.6) is 0 Å². The summed E-state index contributed by atoms with van der Waals surface area (Å²) in [4.78, 5) is 6.98. The van der Waals surface area contributed by atoms with Gasteiger partial charge in [-0.25, -0.2) is 4.98 Å². The molecule has 0 spiro atoms. The Hall–Kier alpha value is -0.610. The van der Waals surface area contributed by atoms with Crippen LogP contribution in [-0.4, -0.2) is 24.6 Å². The molecule has 104 valence electrons. The van der Waals surface area contributed by atoms with Crippen LogP contribution in [-0.2, 0) is 6.54 Å². The van der Waals surface area contributed by atoms with Crippen molar-refractivity contribution in [3.8, 4) is 0 Å². The molecule has 0 aliphatic heterocycles. The average Bonchev–Trinajstić information content (AvgIpc) is 2.75. The molecule has 0 bridgehead atoms. The third-order valence-electron chi connectivity index (χ3n) is 3.41. The normalized spacial score (nSPS) is 13.7. The minimum absolute atomic E-state index is 0.265. The Balaban J connectivity index is 2.62. The van der Waals surface area contributed by atoms with Crippen molar-refractivity contribution in [1.29, 1.82) is 0 Å². The van der Waals surface area contributed by atoms with Crippen molar-refractivity contribution in [1.82, 2.24) is 10.3 Å². The first kappa shape index (κ1) is 15.4. The van der Waals surface area contributed by atoms with E-state index >= 15 is 0 Å². The van der Waals surface area contributed by atoms with Gasteiger partial charge in [0.1, 0.15) is 0 Å². The quantitative estimate of drug-likeness (QED) is 0.801. The van der Waals surface area contributed by atoms with Crippen molar-refractivity contribution < 1.29 is 0 Å². The minimum atomic E-state index is 0.265. The molecule has 1 heterocycles. The van der Waals surface area contributed by atoms with Crippen LogP contribution in [0.2, 0.25) is 0 Å². The monoisotopic (exact) mass is 269 g/mol. The van der Waals surface area contributed by atoms with Gasteiger partial charge in [-0.2, -0.15) is 0 Å². The van der Waals surface area contributed by atoms with E-state index in [0.717, 1.165) is 30.3 Å². The summed E-state index contributed by atoms with van der Waals surface area (Å²) < 4.78 is 0. The van der Waals surface area contributed by atoms with Crippen molar-refractivity contribution in [2.45, 2.75) is 53.6 Å². The number of rotatable bonds is 6. The first-order valence-corrected chi connectivity index (χ1v) is 7.62. The smallest absolute Gasteiger partial charge is 0.185 e. The fourth-order valence-electron chi connectivity index (χ4n) is 1.68. The summed E-state index contributed by atoms with van der Waals surface area (Å²) in [5.41, 5.74) is 1.41. The summed E-state index contributed by atoms with van der Waals surface area (Å²) >= 11 is 1.73. The van der Waals surface area contributed by atoms with Crippen molar-refractivity contribution in [3.05, 3.63) is 11.1 Å². The van der Waals surface area contributed by atoms with Gasteiger partial charge in [0, 0.05) is 25.0 Å². The number of anilines is 1. The summed E-state index contributed by atoms with van der Waals surface area (Å²) in [6.45, 7) is 13.2. The maximum absolute atomic E-state index is 4.70. The number of hydrogen-bond acceptors (Lipinski definition) is 4. The molecule has 4 heteroatoms. The Kier molecular flexibility index (Phi) is 5.60. The molecule has 0 saturated heterocycles. The minimum Gasteiger partial charge on any atom is -0.348 e. The highest BCUT2D eigenvalue weighted by Crippen LogP contribution is 2.29. The third-order valence-corrected chi connectivity index (χ3v) is 4.39. The van der Waals surface area contributed by atoms with E-state index in [-0.39, 0.29) is 5.41 Å². The lowest BCUT2D eigenvalue weighted by Crippen LogP contribution is -2.39. The van der Waals surface area contributed by atoms with Gasteiger partial charge in [0.15, 0.2) is 5.13 Å². The van der Waals surface area contributed by atoms with Gasteiger partial charge >= 0.3 is 0 Å². The van der Waals surface area contributed by atoms with Gasteiger partial charge in [-0.05, 0) is 25.3 Å². The first-order chi connectivity index (χ1) is 8.36. The number of thiazole rings is 1.